The van der Waals surface area contributed by atoms with Crippen LogP contribution in [-0.4, -0.2) is 19.4 Å². The van der Waals surface area contributed by atoms with Gasteiger partial charge < -0.3 is 9.47 Å². The van der Waals surface area contributed by atoms with E-state index >= 15 is 0 Å². The van der Waals surface area contributed by atoms with Gasteiger partial charge in [0, 0.05) is 10.0 Å². The molecule has 0 aromatic heterocycles. The SMILES string of the molecule is CCOc1cc(/C=N\Nc2ccc(Cl)c(Cl)c2)c(Br)cc1OCC#N. The van der Waals surface area contributed by atoms with Crippen LogP contribution in [0.1, 0.15) is 12.5 Å². The highest BCUT2D eigenvalue weighted by atomic mass is 79.9. The van der Waals surface area contributed by atoms with Gasteiger partial charge in [-0.1, -0.05) is 23.2 Å². The number of nitriles is 1. The molecule has 0 aliphatic heterocycles. The molecule has 0 heterocycles. The van der Waals surface area contributed by atoms with Crippen molar-refractivity contribution in [3.63, 3.8) is 0 Å². The van der Waals surface area contributed by atoms with Gasteiger partial charge in [0.1, 0.15) is 6.07 Å². The van der Waals surface area contributed by atoms with Gasteiger partial charge in [-0.05, 0) is 53.2 Å². The van der Waals surface area contributed by atoms with Crippen molar-refractivity contribution in [2.24, 2.45) is 5.10 Å². The summed E-state index contributed by atoms with van der Waals surface area (Å²) in [5.41, 5.74) is 4.37. The van der Waals surface area contributed by atoms with Gasteiger partial charge in [-0.3, -0.25) is 5.43 Å². The molecule has 0 fully saturated rings. The molecule has 2 aromatic rings. The number of halogens is 3. The Hall–Kier alpha value is -1.94. The van der Waals surface area contributed by atoms with E-state index in [2.05, 4.69) is 26.5 Å². The van der Waals surface area contributed by atoms with E-state index in [9.17, 15) is 0 Å². The Morgan fingerprint density at radius 1 is 1.20 bits per heavy atom. The van der Waals surface area contributed by atoms with Crippen molar-refractivity contribution < 1.29 is 9.47 Å². The Morgan fingerprint density at radius 2 is 1.96 bits per heavy atom. The van der Waals surface area contributed by atoms with Crippen molar-refractivity contribution in [2.75, 3.05) is 18.6 Å². The van der Waals surface area contributed by atoms with Gasteiger partial charge in [0.2, 0.25) is 0 Å². The Bertz CT molecular complexity index is 822. The second kappa shape index (κ2) is 9.52. The summed E-state index contributed by atoms with van der Waals surface area (Å²) in [7, 11) is 0. The lowest BCUT2D eigenvalue weighted by molar-refractivity contribution is 0.298. The van der Waals surface area contributed by atoms with E-state index in [1.165, 1.54) is 0 Å². The van der Waals surface area contributed by atoms with Crippen molar-refractivity contribution in [1.29, 1.82) is 5.26 Å². The molecule has 0 spiro atoms. The molecule has 0 saturated carbocycles. The number of hydrogen-bond acceptors (Lipinski definition) is 5. The van der Waals surface area contributed by atoms with E-state index in [1.807, 2.05) is 13.0 Å². The first kappa shape index (κ1) is 19.4. The summed E-state index contributed by atoms with van der Waals surface area (Å²) in [6.45, 7) is 2.29. The molecule has 0 saturated heterocycles. The maximum absolute atomic E-state index is 8.66. The van der Waals surface area contributed by atoms with E-state index in [-0.39, 0.29) is 6.61 Å². The normalized spacial score (nSPS) is 10.5. The number of hydrazone groups is 1. The number of nitrogens with zero attached hydrogens (tertiary/aromatic N) is 2. The molecule has 0 unspecified atom stereocenters. The van der Waals surface area contributed by atoms with Crippen LogP contribution in [0.5, 0.6) is 11.5 Å². The Labute approximate surface area is 164 Å². The van der Waals surface area contributed by atoms with Crippen LogP contribution in [0.15, 0.2) is 39.9 Å². The quantitative estimate of drug-likeness (QED) is 0.453. The van der Waals surface area contributed by atoms with Gasteiger partial charge >= 0.3 is 0 Å². The van der Waals surface area contributed by atoms with Crippen molar-refractivity contribution in [1.82, 2.24) is 0 Å². The fraction of sp³-hybridized carbons (Fsp3) is 0.176. The van der Waals surface area contributed by atoms with Crippen molar-refractivity contribution in [3.8, 4) is 17.6 Å². The van der Waals surface area contributed by atoms with E-state index < -0.39 is 0 Å². The summed E-state index contributed by atoms with van der Waals surface area (Å²) in [6.07, 6.45) is 1.63. The van der Waals surface area contributed by atoms with Crippen LogP contribution < -0.4 is 14.9 Å². The highest BCUT2D eigenvalue weighted by molar-refractivity contribution is 9.10. The predicted molar refractivity (Wildman–Crippen MR) is 104 cm³/mol. The first-order chi connectivity index (χ1) is 12.0. The summed E-state index contributed by atoms with van der Waals surface area (Å²) in [6, 6.07) is 10.6. The number of ether oxygens (including phenoxy) is 2. The topological polar surface area (TPSA) is 66.6 Å². The van der Waals surface area contributed by atoms with Crippen LogP contribution in [0.2, 0.25) is 10.0 Å². The van der Waals surface area contributed by atoms with Crippen LogP contribution in [0, 0.1) is 11.3 Å². The van der Waals surface area contributed by atoms with Gasteiger partial charge in [0.05, 0.1) is 28.6 Å². The monoisotopic (exact) mass is 441 g/mol. The van der Waals surface area contributed by atoms with E-state index in [4.69, 9.17) is 37.9 Å². The number of benzene rings is 2. The number of nitrogens with one attached hydrogen (secondary N) is 1. The standard InChI is InChI=1S/C17H14BrCl2N3O2/c1-2-24-16-7-11(13(18)9-17(16)25-6-5-21)10-22-23-12-3-4-14(19)15(20)8-12/h3-4,7-10,23H,2,6H2,1H3/b22-10-. The summed E-state index contributed by atoms with van der Waals surface area (Å²) in [5.74, 6) is 1.03. The third kappa shape index (κ3) is 5.53. The molecule has 2 aromatic carbocycles. The van der Waals surface area contributed by atoms with Gasteiger partial charge in [-0.15, -0.1) is 0 Å². The molecular formula is C17H14BrCl2N3O2. The van der Waals surface area contributed by atoms with Gasteiger partial charge in [-0.2, -0.15) is 10.4 Å². The van der Waals surface area contributed by atoms with Crippen molar-refractivity contribution in [3.05, 3.63) is 50.4 Å². The van der Waals surface area contributed by atoms with Gasteiger partial charge in [-0.25, -0.2) is 0 Å². The molecule has 25 heavy (non-hydrogen) atoms. The highest BCUT2D eigenvalue weighted by Gasteiger charge is 2.10. The lowest BCUT2D eigenvalue weighted by Crippen LogP contribution is -2.01. The zero-order valence-corrected chi connectivity index (χ0v) is 16.3. The molecule has 0 aliphatic carbocycles. The predicted octanol–water partition coefficient (Wildman–Crippen LogP) is 5.50. The molecular weight excluding hydrogens is 429 g/mol. The maximum Gasteiger partial charge on any atom is 0.174 e. The average Bonchev–Trinajstić information content (AvgIpc) is 2.59. The lowest BCUT2D eigenvalue weighted by atomic mass is 10.2. The zero-order chi connectivity index (χ0) is 18.2. The summed E-state index contributed by atoms with van der Waals surface area (Å²) >= 11 is 15.3. The first-order valence-electron chi connectivity index (χ1n) is 7.25. The molecule has 5 nitrogen and oxygen atoms in total. The minimum atomic E-state index is -0.0567. The zero-order valence-electron chi connectivity index (χ0n) is 13.2. The molecule has 0 bridgehead atoms. The smallest absolute Gasteiger partial charge is 0.174 e. The number of hydrogen-bond donors (Lipinski definition) is 1. The Morgan fingerprint density at radius 3 is 2.64 bits per heavy atom. The molecule has 2 rings (SSSR count). The largest absolute Gasteiger partial charge is 0.490 e. The molecule has 0 amide bonds. The van der Waals surface area contributed by atoms with E-state index in [0.717, 1.165) is 10.0 Å². The summed E-state index contributed by atoms with van der Waals surface area (Å²) < 4.78 is 11.7. The first-order valence-corrected chi connectivity index (χ1v) is 8.80. The average molecular weight is 443 g/mol. The third-order valence-corrected chi connectivity index (χ3v) is 4.40. The minimum absolute atomic E-state index is 0.0567. The molecule has 130 valence electrons. The second-order valence-electron chi connectivity index (χ2n) is 4.70. The second-order valence-corrected chi connectivity index (χ2v) is 6.37. The minimum Gasteiger partial charge on any atom is -0.490 e. The van der Waals surface area contributed by atoms with Crippen LogP contribution in [0.4, 0.5) is 5.69 Å². The van der Waals surface area contributed by atoms with Gasteiger partial charge in [0.25, 0.3) is 0 Å². The molecule has 0 radical (unpaired) electrons. The van der Waals surface area contributed by atoms with Crippen LogP contribution in [-0.2, 0) is 0 Å². The molecule has 0 atom stereocenters. The lowest BCUT2D eigenvalue weighted by Gasteiger charge is -2.12. The van der Waals surface area contributed by atoms with Crippen LogP contribution in [0.25, 0.3) is 0 Å². The molecule has 0 aliphatic rings. The molecule has 1 N–H and O–H groups in total. The van der Waals surface area contributed by atoms with Crippen LogP contribution >= 0.6 is 39.1 Å². The van der Waals surface area contributed by atoms with Crippen molar-refractivity contribution in [2.45, 2.75) is 6.92 Å². The number of rotatable bonds is 7. The Kier molecular flexibility index (Phi) is 7.38. The fourth-order valence-corrected chi connectivity index (χ4v) is 2.61. The summed E-state index contributed by atoms with van der Waals surface area (Å²) in [4.78, 5) is 0. The fourth-order valence-electron chi connectivity index (χ4n) is 1.88. The molecule has 8 heteroatoms. The highest BCUT2D eigenvalue weighted by Crippen LogP contribution is 2.33. The Balaban J connectivity index is 2.18. The van der Waals surface area contributed by atoms with Gasteiger partial charge in [0.15, 0.2) is 18.1 Å². The summed E-state index contributed by atoms with van der Waals surface area (Å²) in [5, 5.41) is 13.8. The number of anilines is 1. The van der Waals surface area contributed by atoms with E-state index in [1.54, 1.807) is 36.5 Å². The maximum atomic E-state index is 8.66. The van der Waals surface area contributed by atoms with E-state index in [0.29, 0.717) is 33.8 Å². The van der Waals surface area contributed by atoms with Crippen LogP contribution in [0.3, 0.4) is 0 Å². The third-order valence-electron chi connectivity index (χ3n) is 2.97. The van der Waals surface area contributed by atoms with Crippen molar-refractivity contribution >= 4 is 51.0 Å².